The van der Waals surface area contributed by atoms with Crippen LogP contribution in [0.25, 0.3) is 5.65 Å². The lowest BCUT2D eigenvalue weighted by Gasteiger charge is -2.32. The van der Waals surface area contributed by atoms with E-state index in [2.05, 4.69) is 50.2 Å². The lowest BCUT2D eigenvalue weighted by atomic mass is 9.89. The average Bonchev–Trinajstić information content (AvgIpc) is 3.06. The molecule has 0 aliphatic carbocycles. The van der Waals surface area contributed by atoms with Crippen LogP contribution in [0.4, 0.5) is 0 Å². The van der Waals surface area contributed by atoms with Gasteiger partial charge in [-0.15, -0.1) is 0 Å². The van der Waals surface area contributed by atoms with Crippen molar-refractivity contribution in [3.8, 4) is 0 Å². The SMILES string of the molecule is O=C(c1cnc2cnccn12)N1CCC(c2ccc(Br)cc2)CC1. The number of carbonyl (C=O) groups excluding carboxylic acids is 1. The van der Waals surface area contributed by atoms with Crippen molar-refractivity contribution in [2.24, 2.45) is 0 Å². The number of fused-ring (bicyclic) bond motifs is 1. The molecule has 4 rings (SSSR count). The van der Waals surface area contributed by atoms with Crippen molar-refractivity contribution in [1.82, 2.24) is 19.3 Å². The van der Waals surface area contributed by atoms with Gasteiger partial charge < -0.3 is 4.90 Å². The first kappa shape index (κ1) is 15.3. The van der Waals surface area contributed by atoms with Gasteiger partial charge in [-0.3, -0.25) is 14.2 Å². The predicted octanol–water partition coefficient (Wildman–Crippen LogP) is 3.51. The third kappa shape index (κ3) is 2.82. The average molecular weight is 385 g/mol. The van der Waals surface area contributed by atoms with E-state index >= 15 is 0 Å². The van der Waals surface area contributed by atoms with Crippen molar-refractivity contribution >= 4 is 27.5 Å². The molecule has 6 heteroatoms. The van der Waals surface area contributed by atoms with E-state index in [-0.39, 0.29) is 5.91 Å². The molecule has 3 aromatic rings. The normalized spacial score (nSPS) is 15.8. The van der Waals surface area contributed by atoms with Crippen LogP contribution in [-0.4, -0.2) is 38.3 Å². The summed E-state index contributed by atoms with van der Waals surface area (Å²) in [5, 5.41) is 0. The second kappa shape index (κ2) is 6.36. The summed E-state index contributed by atoms with van der Waals surface area (Å²) in [5.41, 5.74) is 2.66. The minimum Gasteiger partial charge on any atom is -0.337 e. The van der Waals surface area contributed by atoms with E-state index in [1.807, 2.05) is 4.90 Å². The quantitative estimate of drug-likeness (QED) is 0.679. The molecule has 1 aromatic carbocycles. The topological polar surface area (TPSA) is 50.5 Å². The Morgan fingerprint density at radius 2 is 1.88 bits per heavy atom. The summed E-state index contributed by atoms with van der Waals surface area (Å²) in [6.07, 6.45) is 8.74. The highest BCUT2D eigenvalue weighted by molar-refractivity contribution is 9.10. The molecule has 0 N–H and O–H groups in total. The van der Waals surface area contributed by atoms with E-state index in [0.29, 0.717) is 17.3 Å². The number of aromatic nitrogens is 3. The molecule has 0 atom stereocenters. The largest absolute Gasteiger partial charge is 0.337 e. The number of hydrogen-bond donors (Lipinski definition) is 0. The van der Waals surface area contributed by atoms with Crippen LogP contribution in [-0.2, 0) is 0 Å². The second-order valence-corrected chi connectivity index (χ2v) is 6.98. The number of halogens is 1. The molecule has 1 fully saturated rings. The van der Waals surface area contributed by atoms with Crippen molar-refractivity contribution in [3.05, 3.63) is 64.8 Å². The number of carbonyl (C=O) groups is 1. The number of likely N-dealkylation sites (tertiary alicyclic amines) is 1. The molecule has 2 aromatic heterocycles. The number of nitrogens with zero attached hydrogens (tertiary/aromatic N) is 4. The zero-order chi connectivity index (χ0) is 16.5. The summed E-state index contributed by atoms with van der Waals surface area (Å²) in [7, 11) is 0. The Kier molecular flexibility index (Phi) is 4.06. The first-order chi connectivity index (χ1) is 11.7. The van der Waals surface area contributed by atoms with E-state index in [9.17, 15) is 4.79 Å². The monoisotopic (exact) mass is 384 g/mol. The summed E-state index contributed by atoms with van der Waals surface area (Å²) in [4.78, 5) is 23.0. The van der Waals surface area contributed by atoms with E-state index in [4.69, 9.17) is 0 Å². The molecule has 0 radical (unpaired) electrons. The fraction of sp³-hybridized carbons (Fsp3) is 0.278. The van der Waals surface area contributed by atoms with E-state index in [0.717, 1.165) is 30.4 Å². The van der Waals surface area contributed by atoms with Crippen molar-refractivity contribution in [3.63, 3.8) is 0 Å². The molecule has 122 valence electrons. The van der Waals surface area contributed by atoms with E-state index in [1.54, 1.807) is 29.2 Å². The van der Waals surface area contributed by atoms with Crippen LogP contribution in [0.3, 0.4) is 0 Å². The Hall–Kier alpha value is -2.21. The van der Waals surface area contributed by atoms with Crippen LogP contribution >= 0.6 is 15.9 Å². The lowest BCUT2D eigenvalue weighted by molar-refractivity contribution is 0.0706. The summed E-state index contributed by atoms with van der Waals surface area (Å²) in [6, 6.07) is 8.51. The molecular weight excluding hydrogens is 368 g/mol. The molecule has 0 saturated carbocycles. The molecule has 1 aliphatic heterocycles. The van der Waals surface area contributed by atoms with Crippen molar-refractivity contribution in [2.45, 2.75) is 18.8 Å². The molecule has 24 heavy (non-hydrogen) atoms. The van der Waals surface area contributed by atoms with Crippen molar-refractivity contribution in [2.75, 3.05) is 13.1 Å². The van der Waals surface area contributed by atoms with Gasteiger partial charge in [0.1, 0.15) is 5.69 Å². The first-order valence-corrected chi connectivity index (χ1v) is 8.83. The Balaban J connectivity index is 1.47. The molecule has 0 unspecified atom stereocenters. The van der Waals surface area contributed by atoms with Crippen molar-refractivity contribution in [1.29, 1.82) is 0 Å². The van der Waals surface area contributed by atoms with Gasteiger partial charge in [0.2, 0.25) is 0 Å². The maximum absolute atomic E-state index is 12.8. The van der Waals surface area contributed by atoms with Gasteiger partial charge in [-0.05, 0) is 36.5 Å². The molecule has 1 aliphatic rings. The number of imidazole rings is 1. The Morgan fingerprint density at radius 3 is 2.62 bits per heavy atom. The maximum Gasteiger partial charge on any atom is 0.272 e. The number of piperidine rings is 1. The van der Waals surface area contributed by atoms with Gasteiger partial charge in [-0.2, -0.15) is 0 Å². The number of amides is 1. The molecule has 5 nitrogen and oxygen atoms in total. The minimum absolute atomic E-state index is 0.0444. The van der Waals surface area contributed by atoms with Crippen molar-refractivity contribution < 1.29 is 4.79 Å². The lowest BCUT2D eigenvalue weighted by Crippen LogP contribution is -2.38. The van der Waals surface area contributed by atoms with Gasteiger partial charge >= 0.3 is 0 Å². The Bertz CT molecular complexity index is 866. The van der Waals surface area contributed by atoms with Crippen LogP contribution < -0.4 is 0 Å². The summed E-state index contributed by atoms with van der Waals surface area (Å²) in [5.74, 6) is 0.566. The summed E-state index contributed by atoms with van der Waals surface area (Å²) < 4.78 is 2.90. The van der Waals surface area contributed by atoms with Gasteiger partial charge in [-0.1, -0.05) is 28.1 Å². The smallest absolute Gasteiger partial charge is 0.272 e. The standard InChI is InChI=1S/C18H17BrN4O/c19-15-3-1-13(2-4-15)14-5-8-22(9-6-14)18(24)16-11-21-17-12-20-7-10-23(16)17/h1-4,7,10-12,14H,5-6,8-9H2. The highest BCUT2D eigenvalue weighted by Gasteiger charge is 2.26. The zero-order valence-corrected chi connectivity index (χ0v) is 14.7. The highest BCUT2D eigenvalue weighted by Crippen LogP contribution is 2.29. The van der Waals surface area contributed by atoms with Crippen LogP contribution in [0.1, 0.15) is 34.8 Å². The highest BCUT2D eigenvalue weighted by atomic mass is 79.9. The van der Waals surface area contributed by atoms with Crippen LogP contribution in [0.2, 0.25) is 0 Å². The molecule has 1 saturated heterocycles. The predicted molar refractivity (Wildman–Crippen MR) is 95.0 cm³/mol. The van der Waals surface area contributed by atoms with Gasteiger partial charge in [0, 0.05) is 30.0 Å². The fourth-order valence-electron chi connectivity index (χ4n) is 3.31. The minimum atomic E-state index is 0.0444. The van der Waals surface area contributed by atoms with E-state index < -0.39 is 0 Å². The third-order valence-corrected chi connectivity index (χ3v) is 5.19. The van der Waals surface area contributed by atoms with Gasteiger partial charge in [-0.25, -0.2) is 4.98 Å². The number of hydrogen-bond acceptors (Lipinski definition) is 3. The third-order valence-electron chi connectivity index (χ3n) is 4.66. The van der Waals surface area contributed by atoms with Gasteiger partial charge in [0.15, 0.2) is 5.65 Å². The van der Waals surface area contributed by atoms with Gasteiger partial charge in [0.25, 0.3) is 5.91 Å². The molecule has 3 heterocycles. The van der Waals surface area contributed by atoms with Crippen LogP contribution in [0.15, 0.2) is 53.5 Å². The molecule has 0 spiro atoms. The molecular formula is C18H17BrN4O. The maximum atomic E-state index is 12.8. The Morgan fingerprint density at radius 1 is 1.12 bits per heavy atom. The Labute approximate surface area is 148 Å². The second-order valence-electron chi connectivity index (χ2n) is 6.07. The van der Waals surface area contributed by atoms with Gasteiger partial charge in [0.05, 0.1) is 12.4 Å². The zero-order valence-electron chi connectivity index (χ0n) is 13.1. The summed E-state index contributed by atoms with van der Waals surface area (Å²) >= 11 is 3.47. The number of rotatable bonds is 2. The molecule has 0 bridgehead atoms. The molecule has 1 amide bonds. The fourth-order valence-corrected chi connectivity index (χ4v) is 3.58. The number of benzene rings is 1. The van der Waals surface area contributed by atoms with Crippen LogP contribution in [0.5, 0.6) is 0 Å². The summed E-state index contributed by atoms with van der Waals surface area (Å²) in [6.45, 7) is 1.55. The first-order valence-electron chi connectivity index (χ1n) is 8.04. The van der Waals surface area contributed by atoms with Crippen LogP contribution in [0, 0.1) is 0 Å². The van der Waals surface area contributed by atoms with E-state index in [1.165, 1.54) is 5.56 Å².